The smallest absolute Gasteiger partial charge is 0.191 e. The van der Waals surface area contributed by atoms with Gasteiger partial charge in [-0.15, -0.1) is 0 Å². The number of nitrogens with zero attached hydrogens (tertiary/aromatic N) is 2. The summed E-state index contributed by atoms with van der Waals surface area (Å²) in [5, 5.41) is 6.61. The molecule has 0 aliphatic carbocycles. The summed E-state index contributed by atoms with van der Waals surface area (Å²) in [5.74, 6) is 0.845. The molecule has 2 N–H and O–H groups in total. The normalized spacial score (nSPS) is 12.0. The predicted octanol–water partition coefficient (Wildman–Crippen LogP) is 2.60. The molecule has 0 saturated carbocycles. The van der Waals surface area contributed by atoms with Crippen molar-refractivity contribution in [3.05, 3.63) is 35.4 Å². The summed E-state index contributed by atoms with van der Waals surface area (Å²) in [5.41, 5.74) is 2.64. The van der Waals surface area contributed by atoms with Crippen molar-refractivity contribution >= 4 is 5.96 Å². The van der Waals surface area contributed by atoms with E-state index in [2.05, 4.69) is 72.5 Å². The second kappa shape index (κ2) is 9.40. The van der Waals surface area contributed by atoms with E-state index in [-0.39, 0.29) is 0 Å². The lowest BCUT2D eigenvalue weighted by molar-refractivity contribution is 0.296. The van der Waals surface area contributed by atoms with Gasteiger partial charge >= 0.3 is 0 Å². The number of rotatable bonds is 7. The van der Waals surface area contributed by atoms with Gasteiger partial charge in [-0.05, 0) is 38.1 Å². The second-order valence-corrected chi connectivity index (χ2v) is 5.50. The molecule has 0 bridgehead atoms. The number of aliphatic imine (C=N–C) groups is 1. The van der Waals surface area contributed by atoms with Gasteiger partial charge in [-0.25, -0.2) is 0 Å². The zero-order valence-corrected chi connectivity index (χ0v) is 14.1. The van der Waals surface area contributed by atoms with Crippen LogP contribution in [0.4, 0.5) is 0 Å². The maximum atomic E-state index is 4.21. The number of hydrogen-bond acceptors (Lipinski definition) is 2. The minimum absolute atomic E-state index is 0.382. The molecular formula is C17H30N4. The Labute approximate surface area is 129 Å². The maximum Gasteiger partial charge on any atom is 0.191 e. The van der Waals surface area contributed by atoms with Crippen LogP contribution in [-0.4, -0.2) is 37.0 Å². The fourth-order valence-corrected chi connectivity index (χ4v) is 2.12. The van der Waals surface area contributed by atoms with Crippen LogP contribution in [0.25, 0.3) is 0 Å². The number of nitrogens with one attached hydrogen (secondary N) is 2. The summed E-state index contributed by atoms with van der Waals surface area (Å²) in [6, 6.07) is 9.19. The minimum atomic E-state index is 0.382. The zero-order chi connectivity index (χ0) is 15.7. The van der Waals surface area contributed by atoms with Gasteiger partial charge in [0.2, 0.25) is 0 Å². The van der Waals surface area contributed by atoms with Crippen LogP contribution in [0.5, 0.6) is 0 Å². The molecule has 21 heavy (non-hydrogen) atoms. The summed E-state index contributed by atoms with van der Waals surface area (Å²) >= 11 is 0. The summed E-state index contributed by atoms with van der Waals surface area (Å²) in [7, 11) is 1.80. The van der Waals surface area contributed by atoms with Gasteiger partial charge in [0.25, 0.3) is 0 Å². The lowest BCUT2D eigenvalue weighted by Crippen LogP contribution is -2.40. The molecule has 0 heterocycles. The van der Waals surface area contributed by atoms with E-state index in [0.717, 1.165) is 32.1 Å². The molecule has 0 unspecified atom stereocenters. The van der Waals surface area contributed by atoms with Gasteiger partial charge in [0, 0.05) is 26.2 Å². The Bertz CT molecular complexity index is 419. The molecule has 0 fully saturated rings. The zero-order valence-electron chi connectivity index (χ0n) is 14.1. The van der Waals surface area contributed by atoms with Crippen LogP contribution in [0.15, 0.2) is 29.3 Å². The van der Waals surface area contributed by atoms with E-state index in [0.29, 0.717) is 6.04 Å². The lowest BCUT2D eigenvalue weighted by atomic mass is 10.1. The first-order valence-corrected chi connectivity index (χ1v) is 7.86. The van der Waals surface area contributed by atoms with Crippen LogP contribution in [-0.2, 0) is 13.1 Å². The molecule has 0 aromatic heterocycles. The van der Waals surface area contributed by atoms with Gasteiger partial charge in [0.15, 0.2) is 5.96 Å². The molecule has 0 aliphatic rings. The first-order valence-electron chi connectivity index (χ1n) is 7.86. The van der Waals surface area contributed by atoms with Crippen LogP contribution in [0.3, 0.4) is 0 Å². The third-order valence-electron chi connectivity index (χ3n) is 3.43. The SMILES string of the molecule is CCN(CC)Cc1ccc(CNC(=NC)NC(C)C)cc1. The van der Waals surface area contributed by atoms with Crippen molar-refractivity contribution in [2.75, 3.05) is 20.1 Å². The van der Waals surface area contributed by atoms with E-state index in [1.807, 2.05) is 0 Å². The van der Waals surface area contributed by atoms with E-state index in [1.165, 1.54) is 11.1 Å². The highest BCUT2D eigenvalue weighted by Crippen LogP contribution is 2.07. The summed E-state index contributed by atoms with van der Waals surface area (Å²) in [6.45, 7) is 12.6. The molecule has 1 aromatic carbocycles. The van der Waals surface area contributed by atoms with Crippen LogP contribution in [0.2, 0.25) is 0 Å². The predicted molar refractivity (Wildman–Crippen MR) is 91.5 cm³/mol. The van der Waals surface area contributed by atoms with Crippen molar-refractivity contribution in [3.8, 4) is 0 Å². The van der Waals surface area contributed by atoms with E-state index in [4.69, 9.17) is 0 Å². The highest BCUT2D eigenvalue weighted by atomic mass is 15.2. The molecule has 0 aliphatic heterocycles. The van der Waals surface area contributed by atoms with E-state index in [1.54, 1.807) is 7.05 Å². The fourth-order valence-electron chi connectivity index (χ4n) is 2.12. The highest BCUT2D eigenvalue weighted by Gasteiger charge is 2.02. The molecule has 1 rings (SSSR count). The highest BCUT2D eigenvalue weighted by molar-refractivity contribution is 5.79. The van der Waals surface area contributed by atoms with Crippen molar-refractivity contribution in [3.63, 3.8) is 0 Å². The van der Waals surface area contributed by atoms with Crippen molar-refractivity contribution in [1.29, 1.82) is 0 Å². The van der Waals surface area contributed by atoms with Gasteiger partial charge in [0.05, 0.1) is 0 Å². The number of guanidine groups is 1. The number of benzene rings is 1. The second-order valence-electron chi connectivity index (χ2n) is 5.50. The molecule has 0 radical (unpaired) electrons. The van der Waals surface area contributed by atoms with Crippen LogP contribution in [0, 0.1) is 0 Å². The monoisotopic (exact) mass is 290 g/mol. The molecule has 118 valence electrons. The molecule has 4 nitrogen and oxygen atoms in total. The van der Waals surface area contributed by atoms with Gasteiger partial charge in [0.1, 0.15) is 0 Å². The third kappa shape index (κ3) is 6.63. The Hall–Kier alpha value is -1.55. The quantitative estimate of drug-likeness (QED) is 0.599. The van der Waals surface area contributed by atoms with E-state index in [9.17, 15) is 0 Å². The summed E-state index contributed by atoms with van der Waals surface area (Å²) in [6.07, 6.45) is 0. The maximum absolute atomic E-state index is 4.21. The Kier molecular flexibility index (Phi) is 7.83. The molecule has 0 amide bonds. The lowest BCUT2D eigenvalue weighted by Gasteiger charge is -2.18. The Morgan fingerprint density at radius 1 is 1.10 bits per heavy atom. The average Bonchev–Trinajstić information content (AvgIpc) is 2.49. The first kappa shape index (κ1) is 17.5. The largest absolute Gasteiger partial charge is 0.354 e. The Balaban J connectivity index is 2.51. The summed E-state index contributed by atoms with van der Waals surface area (Å²) < 4.78 is 0. The van der Waals surface area contributed by atoms with Crippen molar-refractivity contribution < 1.29 is 0 Å². The fraction of sp³-hybridized carbons (Fsp3) is 0.588. The van der Waals surface area contributed by atoms with Crippen molar-refractivity contribution in [1.82, 2.24) is 15.5 Å². The van der Waals surface area contributed by atoms with Gasteiger partial charge in [-0.3, -0.25) is 9.89 Å². The first-order chi connectivity index (χ1) is 10.1. The van der Waals surface area contributed by atoms with Crippen LogP contribution in [0.1, 0.15) is 38.8 Å². The average molecular weight is 290 g/mol. The van der Waals surface area contributed by atoms with Crippen molar-refractivity contribution in [2.45, 2.75) is 46.8 Å². The third-order valence-corrected chi connectivity index (χ3v) is 3.43. The Morgan fingerprint density at radius 3 is 2.14 bits per heavy atom. The van der Waals surface area contributed by atoms with Crippen LogP contribution >= 0.6 is 0 Å². The molecule has 0 spiro atoms. The molecule has 0 saturated heterocycles. The topological polar surface area (TPSA) is 39.7 Å². The van der Waals surface area contributed by atoms with Crippen molar-refractivity contribution in [2.24, 2.45) is 4.99 Å². The molecule has 1 aromatic rings. The van der Waals surface area contributed by atoms with E-state index >= 15 is 0 Å². The molecule has 0 atom stereocenters. The Morgan fingerprint density at radius 2 is 1.67 bits per heavy atom. The van der Waals surface area contributed by atoms with Gasteiger partial charge in [-0.1, -0.05) is 38.1 Å². The number of hydrogen-bond donors (Lipinski definition) is 2. The van der Waals surface area contributed by atoms with Gasteiger partial charge in [-0.2, -0.15) is 0 Å². The molecule has 4 heteroatoms. The van der Waals surface area contributed by atoms with Crippen LogP contribution < -0.4 is 10.6 Å². The summed E-state index contributed by atoms with van der Waals surface area (Å²) in [4.78, 5) is 6.63. The standard InChI is InChI=1S/C17H30N4/c1-6-21(7-2)13-16-10-8-15(9-11-16)12-19-17(18-5)20-14(3)4/h8-11,14H,6-7,12-13H2,1-5H3,(H2,18,19,20). The van der Waals surface area contributed by atoms with E-state index < -0.39 is 0 Å². The molecular weight excluding hydrogens is 260 g/mol. The minimum Gasteiger partial charge on any atom is -0.354 e. The van der Waals surface area contributed by atoms with Gasteiger partial charge < -0.3 is 10.6 Å².